The lowest BCUT2D eigenvalue weighted by Crippen LogP contribution is -2.48. The number of carbonyl (C=O) groups is 2. The number of nitrogens with zero attached hydrogens (tertiary/aromatic N) is 1. The SMILES string of the molecule is CC1(C(=O)NCc2ccc(C(=O)O)nc2)CCCNC1. The summed E-state index contributed by atoms with van der Waals surface area (Å²) in [5.41, 5.74) is 0.423. The van der Waals surface area contributed by atoms with Gasteiger partial charge < -0.3 is 15.7 Å². The number of pyridine rings is 1. The zero-order valence-electron chi connectivity index (χ0n) is 11.5. The Morgan fingerprint density at radius 1 is 1.50 bits per heavy atom. The summed E-state index contributed by atoms with van der Waals surface area (Å²) in [4.78, 5) is 26.7. The fraction of sp³-hybridized carbons (Fsp3) is 0.500. The van der Waals surface area contributed by atoms with Crippen molar-refractivity contribution in [2.45, 2.75) is 26.3 Å². The third-order valence-electron chi connectivity index (χ3n) is 3.64. The zero-order chi connectivity index (χ0) is 14.6. The predicted octanol–water partition coefficient (Wildman–Crippen LogP) is 0.786. The molecule has 1 atom stereocenters. The molecule has 2 rings (SSSR count). The lowest BCUT2D eigenvalue weighted by molar-refractivity contribution is -0.131. The van der Waals surface area contributed by atoms with Crippen LogP contribution in [0.5, 0.6) is 0 Å². The van der Waals surface area contributed by atoms with Gasteiger partial charge in [-0.2, -0.15) is 0 Å². The van der Waals surface area contributed by atoms with Gasteiger partial charge in [0.2, 0.25) is 5.91 Å². The summed E-state index contributed by atoms with van der Waals surface area (Å²) < 4.78 is 0. The van der Waals surface area contributed by atoms with Gasteiger partial charge in [-0.25, -0.2) is 9.78 Å². The first-order chi connectivity index (χ1) is 9.51. The topological polar surface area (TPSA) is 91.3 Å². The Labute approximate surface area is 117 Å². The van der Waals surface area contributed by atoms with Crippen LogP contribution in [0.2, 0.25) is 0 Å². The first kappa shape index (κ1) is 14.5. The van der Waals surface area contributed by atoms with Gasteiger partial charge in [0.15, 0.2) is 0 Å². The first-order valence-electron chi connectivity index (χ1n) is 6.68. The van der Waals surface area contributed by atoms with E-state index in [-0.39, 0.29) is 17.0 Å². The molecule has 1 fully saturated rings. The largest absolute Gasteiger partial charge is 0.477 e. The molecule has 2 heterocycles. The van der Waals surface area contributed by atoms with E-state index in [1.165, 1.54) is 12.3 Å². The number of hydrogen-bond acceptors (Lipinski definition) is 4. The van der Waals surface area contributed by atoms with Gasteiger partial charge in [0, 0.05) is 19.3 Å². The van der Waals surface area contributed by atoms with Crippen LogP contribution >= 0.6 is 0 Å². The fourth-order valence-electron chi connectivity index (χ4n) is 2.30. The molecular weight excluding hydrogens is 258 g/mol. The molecule has 0 saturated carbocycles. The van der Waals surface area contributed by atoms with Crippen LogP contribution in [0.4, 0.5) is 0 Å². The van der Waals surface area contributed by atoms with E-state index in [0.29, 0.717) is 13.1 Å². The first-order valence-corrected chi connectivity index (χ1v) is 6.68. The Hall–Kier alpha value is -1.95. The van der Waals surface area contributed by atoms with E-state index in [4.69, 9.17) is 5.11 Å². The van der Waals surface area contributed by atoms with Crippen molar-refractivity contribution in [3.05, 3.63) is 29.6 Å². The van der Waals surface area contributed by atoms with Gasteiger partial charge in [0.05, 0.1) is 5.41 Å². The quantitative estimate of drug-likeness (QED) is 0.756. The van der Waals surface area contributed by atoms with Crippen molar-refractivity contribution in [2.75, 3.05) is 13.1 Å². The number of hydrogen-bond donors (Lipinski definition) is 3. The summed E-state index contributed by atoms with van der Waals surface area (Å²) in [6.45, 7) is 3.97. The Kier molecular flexibility index (Phi) is 4.34. The fourth-order valence-corrected chi connectivity index (χ4v) is 2.30. The van der Waals surface area contributed by atoms with Gasteiger partial charge in [0.25, 0.3) is 0 Å². The van der Waals surface area contributed by atoms with E-state index in [0.717, 1.165) is 24.9 Å². The maximum absolute atomic E-state index is 12.2. The summed E-state index contributed by atoms with van der Waals surface area (Å²) in [5.74, 6) is -1.03. The summed E-state index contributed by atoms with van der Waals surface area (Å²) >= 11 is 0. The minimum atomic E-state index is -1.05. The van der Waals surface area contributed by atoms with Crippen LogP contribution in [0.15, 0.2) is 18.3 Å². The molecule has 6 nitrogen and oxygen atoms in total. The monoisotopic (exact) mass is 277 g/mol. The van der Waals surface area contributed by atoms with E-state index in [1.807, 2.05) is 6.92 Å². The molecule has 0 aromatic carbocycles. The molecule has 0 bridgehead atoms. The van der Waals surface area contributed by atoms with Gasteiger partial charge in [-0.3, -0.25) is 4.79 Å². The third kappa shape index (κ3) is 3.33. The molecule has 1 unspecified atom stereocenters. The van der Waals surface area contributed by atoms with Crippen LogP contribution in [0, 0.1) is 5.41 Å². The number of carbonyl (C=O) groups excluding carboxylic acids is 1. The van der Waals surface area contributed by atoms with E-state index in [9.17, 15) is 9.59 Å². The highest BCUT2D eigenvalue weighted by Crippen LogP contribution is 2.25. The van der Waals surface area contributed by atoms with Crippen molar-refractivity contribution in [1.82, 2.24) is 15.6 Å². The van der Waals surface area contributed by atoms with Gasteiger partial charge in [-0.1, -0.05) is 6.07 Å². The van der Waals surface area contributed by atoms with E-state index in [2.05, 4.69) is 15.6 Å². The number of carboxylic acids is 1. The molecule has 0 spiro atoms. The highest BCUT2D eigenvalue weighted by atomic mass is 16.4. The second-order valence-electron chi connectivity index (χ2n) is 5.38. The summed E-state index contributed by atoms with van der Waals surface area (Å²) in [7, 11) is 0. The second-order valence-corrected chi connectivity index (χ2v) is 5.38. The normalized spacial score (nSPS) is 22.2. The molecule has 3 N–H and O–H groups in total. The van der Waals surface area contributed by atoms with Gasteiger partial charge in [0.1, 0.15) is 5.69 Å². The van der Waals surface area contributed by atoms with E-state index >= 15 is 0 Å². The summed E-state index contributed by atoms with van der Waals surface area (Å²) in [6, 6.07) is 3.10. The molecular formula is C14H19N3O3. The number of nitrogens with one attached hydrogen (secondary N) is 2. The van der Waals surface area contributed by atoms with Crippen molar-refractivity contribution in [1.29, 1.82) is 0 Å². The molecule has 1 aromatic heterocycles. The van der Waals surface area contributed by atoms with Gasteiger partial charge in [-0.05, 0) is 37.9 Å². The van der Waals surface area contributed by atoms with Crippen LogP contribution in [-0.4, -0.2) is 35.1 Å². The molecule has 1 aliphatic rings. The molecule has 6 heteroatoms. The second kappa shape index (κ2) is 6.00. The molecule has 1 saturated heterocycles. The summed E-state index contributed by atoms with van der Waals surface area (Å²) in [6.07, 6.45) is 3.35. The molecule has 1 aromatic rings. The molecule has 0 aliphatic carbocycles. The Morgan fingerprint density at radius 3 is 2.85 bits per heavy atom. The van der Waals surface area contributed by atoms with Crippen molar-refractivity contribution in [3.8, 4) is 0 Å². The Morgan fingerprint density at radius 2 is 2.30 bits per heavy atom. The number of aromatic nitrogens is 1. The third-order valence-corrected chi connectivity index (χ3v) is 3.64. The Balaban J connectivity index is 1.91. The number of aromatic carboxylic acids is 1. The number of piperidine rings is 1. The van der Waals surface area contributed by atoms with Gasteiger partial charge >= 0.3 is 5.97 Å². The predicted molar refractivity (Wildman–Crippen MR) is 73.3 cm³/mol. The maximum atomic E-state index is 12.2. The maximum Gasteiger partial charge on any atom is 0.354 e. The van der Waals surface area contributed by atoms with E-state index < -0.39 is 5.97 Å². The number of rotatable bonds is 4. The van der Waals surface area contributed by atoms with Crippen LogP contribution in [0.25, 0.3) is 0 Å². The van der Waals surface area contributed by atoms with Crippen molar-refractivity contribution < 1.29 is 14.7 Å². The summed E-state index contributed by atoms with van der Waals surface area (Å²) in [5, 5.41) is 14.9. The average Bonchev–Trinajstić information content (AvgIpc) is 2.46. The molecule has 108 valence electrons. The standard InChI is InChI=1S/C14H19N3O3/c1-14(5-2-6-15-9-14)13(20)17-8-10-3-4-11(12(18)19)16-7-10/h3-4,7,15H,2,5-6,8-9H2,1H3,(H,17,20)(H,18,19). The lowest BCUT2D eigenvalue weighted by atomic mass is 9.82. The number of amides is 1. The zero-order valence-corrected chi connectivity index (χ0v) is 11.5. The Bertz CT molecular complexity index is 493. The lowest BCUT2D eigenvalue weighted by Gasteiger charge is -2.32. The minimum absolute atomic E-state index is 0.00326. The van der Waals surface area contributed by atoms with Crippen LogP contribution in [0.3, 0.4) is 0 Å². The van der Waals surface area contributed by atoms with Crippen LogP contribution in [0.1, 0.15) is 35.8 Å². The molecule has 0 radical (unpaired) electrons. The van der Waals surface area contributed by atoms with Crippen molar-refractivity contribution in [3.63, 3.8) is 0 Å². The van der Waals surface area contributed by atoms with E-state index in [1.54, 1.807) is 6.07 Å². The molecule has 20 heavy (non-hydrogen) atoms. The highest BCUT2D eigenvalue weighted by molar-refractivity contribution is 5.85. The van der Waals surface area contributed by atoms with Gasteiger partial charge in [-0.15, -0.1) is 0 Å². The molecule has 1 amide bonds. The van der Waals surface area contributed by atoms with Crippen LogP contribution in [-0.2, 0) is 11.3 Å². The van der Waals surface area contributed by atoms with Crippen molar-refractivity contribution >= 4 is 11.9 Å². The highest BCUT2D eigenvalue weighted by Gasteiger charge is 2.34. The van der Waals surface area contributed by atoms with Crippen molar-refractivity contribution in [2.24, 2.45) is 5.41 Å². The number of carboxylic acid groups (broad SMARTS) is 1. The average molecular weight is 277 g/mol. The molecule has 1 aliphatic heterocycles. The smallest absolute Gasteiger partial charge is 0.354 e. The minimum Gasteiger partial charge on any atom is -0.477 e. The van der Waals surface area contributed by atoms with Crippen LogP contribution < -0.4 is 10.6 Å².